The Labute approximate surface area is 184 Å². The van der Waals surface area contributed by atoms with Gasteiger partial charge in [0.05, 0.1) is 11.8 Å². The number of esters is 1. The van der Waals surface area contributed by atoms with E-state index in [9.17, 15) is 4.79 Å². The van der Waals surface area contributed by atoms with Crippen LogP contribution in [-0.4, -0.2) is 52.3 Å². The number of likely N-dealkylation sites (tertiary alicyclic amines) is 1. The molecule has 4 rings (SSSR count). The summed E-state index contributed by atoms with van der Waals surface area (Å²) in [6, 6.07) is 8.52. The summed E-state index contributed by atoms with van der Waals surface area (Å²) >= 11 is 0. The van der Waals surface area contributed by atoms with Gasteiger partial charge in [0.2, 0.25) is 0 Å². The Kier molecular flexibility index (Phi) is 6.30. The van der Waals surface area contributed by atoms with E-state index in [1.54, 1.807) is 6.08 Å². The second-order valence-electron chi connectivity index (χ2n) is 9.55. The fourth-order valence-corrected chi connectivity index (χ4v) is 4.25. The number of piperidine rings is 1. The van der Waals surface area contributed by atoms with Crippen molar-refractivity contribution in [1.29, 1.82) is 0 Å². The Morgan fingerprint density at radius 3 is 2.65 bits per heavy atom. The molecule has 0 saturated carbocycles. The van der Waals surface area contributed by atoms with Crippen LogP contribution in [0.3, 0.4) is 0 Å². The second-order valence-corrected chi connectivity index (χ2v) is 9.55. The first-order valence-corrected chi connectivity index (χ1v) is 11.2. The molecule has 1 saturated heterocycles. The molecule has 2 aliphatic rings. The van der Waals surface area contributed by atoms with Crippen LogP contribution in [0.15, 0.2) is 36.5 Å². The third kappa shape index (κ3) is 5.43. The average Bonchev–Trinajstić information content (AvgIpc) is 3.06. The highest BCUT2D eigenvalue weighted by atomic mass is 16.6. The van der Waals surface area contributed by atoms with Crippen LogP contribution in [0, 0.1) is 0 Å². The summed E-state index contributed by atoms with van der Waals surface area (Å²) in [6.45, 7) is 8.53. The van der Waals surface area contributed by atoms with Crippen LogP contribution in [0.2, 0.25) is 0 Å². The van der Waals surface area contributed by atoms with Crippen LogP contribution in [0.25, 0.3) is 6.08 Å². The van der Waals surface area contributed by atoms with E-state index in [0.29, 0.717) is 0 Å². The van der Waals surface area contributed by atoms with Crippen molar-refractivity contribution in [2.75, 3.05) is 20.1 Å². The molecule has 0 bridgehead atoms. The van der Waals surface area contributed by atoms with Crippen molar-refractivity contribution >= 4 is 12.0 Å². The summed E-state index contributed by atoms with van der Waals surface area (Å²) in [5.41, 5.74) is 2.76. The minimum Gasteiger partial charge on any atom is -0.457 e. The van der Waals surface area contributed by atoms with Crippen molar-refractivity contribution in [3.8, 4) is 0 Å². The van der Waals surface area contributed by atoms with E-state index < -0.39 is 5.60 Å². The van der Waals surface area contributed by atoms with Gasteiger partial charge in [-0.1, -0.05) is 24.3 Å². The van der Waals surface area contributed by atoms with Gasteiger partial charge in [0, 0.05) is 31.9 Å². The molecular weight excluding hydrogens is 390 g/mol. The molecule has 166 valence electrons. The van der Waals surface area contributed by atoms with Crippen molar-refractivity contribution in [2.24, 2.45) is 0 Å². The average molecular weight is 424 g/mol. The van der Waals surface area contributed by atoms with Crippen LogP contribution >= 0.6 is 0 Å². The SMILES string of the molecule is CN1CCC(OC2c3ccccc3CCn3cc(C=CC(=O)OC(C)(C)C)nc32)CC1. The molecule has 31 heavy (non-hydrogen) atoms. The first-order chi connectivity index (χ1) is 14.8. The standard InChI is InChI=1S/C25H33N3O3/c1-25(2,3)31-22(29)10-9-19-17-28-16-11-18-7-5-6-8-21(18)23(24(28)26-19)30-20-12-14-27(4)15-13-20/h5-10,17,20,23H,11-16H2,1-4H3. The number of nitrogens with zero attached hydrogens (tertiary/aromatic N) is 3. The molecule has 6 nitrogen and oxygen atoms in total. The molecule has 1 aromatic heterocycles. The Hall–Kier alpha value is -2.44. The number of ether oxygens (including phenoxy) is 2. The van der Waals surface area contributed by atoms with Crippen LogP contribution < -0.4 is 0 Å². The molecule has 0 spiro atoms. The Balaban J connectivity index is 1.60. The van der Waals surface area contributed by atoms with Gasteiger partial charge in [0.1, 0.15) is 17.5 Å². The zero-order chi connectivity index (χ0) is 22.0. The van der Waals surface area contributed by atoms with Crippen LogP contribution in [-0.2, 0) is 27.2 Å². The third-order valence-corrected chi connectivity index (χ3v) is 5.81. The highest BCUT2D eigenvalue weighted by Crippen LogP contribution is 2.34. The van der Waals surface area contributed by atoms with Gasteiger partial charge in [-0.05, 0) is 64.3 Å². The minimum absolute atomic E-state index is 0.198. The van der Waals surface area contributed by atoms with E-state index in [-0.39, 0.29) is 18.2 Å². The van der Waals surface area contributed by atoms with Gasteiger partial charge in [-0.2, -0.15) is 0 Å². The molecule has 0 radical (unpaired) electrons. The van der Waals surface area contributed by atoms with E-state index >= 15 is 0 Å². The smallest absolute Gasteiger partial charge is 0.331 e. The summed E-state index contributed by atoms with van der Waals surface area (Å²) in [5.74, 6) is 0.549. The summed E-state index contributed by atoms with van der Waals surface area (Å²) in [4.78, 5) is 19.3. The molecule has 1 atom stereocenters. The van der Waals surface area contributed by atoms with E-state index in [1.165, 1.54) is 17.2 Å². The summed E-state index contributed by atoms with van der Waals surface area (Å²) < 4.78 is 14.2. The van der Waals surface area contributed by atoms with E-state index in [4.69, 9.17) is 14.5 Å². The summed E-state index contributed by atoms with van der Waals surface area (Å²) in [5, 5.41) is 0. The monoisotopic (exact) mass is 423 g/mol. The second kappa shape index (κ2) is 8.97. The number of fused-ring (bicyclic) bond motifs is 2. The van der Waals surface area contributed by atoms with Crippen molar-refractivity contribution < 1.29 is 14.3 Å². The lowest BCUT2D eigenvalue weighted by molar-refractivity contribution is -0.148. The van der Waals surface area contributed by atoms with Gasteiger partial charge in [0.25, 0.3) is 0 Å². The van der Waals surface area contributed by atoms with Crippen molar-refractivity contribution in [2.45, 2.75) is 64.4 Å². The van der Waals surface area contributed by atoms with Crippen LogP contribution in [0.4, 0.5) is 0 Å². The molecule has 1 aromatic carbocycles. The molecule has 0 amide bonds. The van der Waals surface area contributed by atoms with Gasteiger partial charge < -0.3 is 18.9 Å². The van der Waals surface area contributed by atoms with E-state index in [2.05, 4.69) is 40.8 Å². The van der Waals surface area contributed by atoms with Gasteiger partial charge in [-0.25, -0.2) is 9.78 Å². The van der Waals surface area contributed by atoms with Gasteiger partial charge in [-0.15, -0.1) is 0 Å². The maximum atomic E-state index is 12.1. The maximum absolute atomic E-state index is 12.1. The normalized spacial score (nSPS) is 20.3. The number of carbonyl (C=O) groups is 1. The number of rotatable bonds is 4. The fourth-order valence-electron chi connectivity index (χ4n) is 4.25. The van der Waals surface area contributed by atoms with Crippen molar-refractivity contribution in [3.05, 3.63) is 59.2 Å². The number of aryl methyl sites for hydroxylation is 2. The highest BCUT2D eigenvalue weighted by molar-refractivity contribution is 5.87. The van der Waals surface area contributed by atoms with Crippen molar-refractivity contribution in [1.82, 2.24) is 14.5 Å². The molecule has 6 heteroatoms. The topological polar surface area (TPSA) is 56.6 Å². The maximum Gasteiger partial charge on any atom is 0.331 e. The zero-order valence-corrected chi connectivity index (χ0v) is 19.0. The molecule has 0 N–H and O–H groups in total. The molecule has 2 aliphatic heterocycles. The molecule has 1 fully saturated rings. The van der Waals surface area contributed by atoms with Crippen LogP contribution in [0.1, 0.15) is 62.4 Å². The number of carbonyl (C=O) groups excluding carboxylic acids is 1. The highest BCUT2D eigenvalue weighted by Gasteiger charge is 2.30. The Morgan fingerprint density at radius 2 is 1.90 bits per heavy atom. The Bertz CT molecular complexity index is 949. The van der Waals surface area contributed by atoms with E-state index in [1.807, 2.05) is 27.0 Å². The minimum atomic E-state index is -0.510. The fraction of sp³-hybridized carbons (Fsp3) is 0.520. The van der Waals surface area contributed by atoms with Crippen molar-refractivity contribution in [3.63, 3.8) is 0 Å². The largest absolute Gasteiger partial charge is 0.457 e. The lowest BCUT2D eigenvalue weighted by atomic mass is 10.00. The number of hydrogen-bond donors (Lipinski definition) is 0. The predicted molar refractivity (Wildman–Crippen MR) is 121 cm³/mol. The Morgan fingerprint density at radius 1 is 1.16 bits per heavy atom. The van der Waals surface area contributed by atoms with Gasteiger partial charge >= 0.3 is 5.97 Å². The first-order valence-electron chi connectivity index (χ1n) is 11.2. The molecule has 2 aromatic rings. The van der Waals surface area contributed by atoms with Gasteiger partial charge in [0.15, 0.2) is 0 Å². The number of imidazole rings is 1. The van der Waals surface area contributed by atoms with Crippen LogP contribution in [0.5, 0.6) is 0 Å². The lowest BCUT2D eigenvalue weighted by Gasteiger charge is -2.32. The molecule has 1 unspecified atom stereocenters. The zero-order valence-electron chi connectivity index (χ0n) is 19.0. The summed E-state index contributed by atoms with van der Waals surface area (Å²) in [6.07, 6.45) is 8.20. The lowest BCUT2D eigenvalue weighted by Crippen LogP contribution is -2.35. The third-order valence-electron chi connectivity index (χ3n) is 5.81. The van der Waals surface area contributed by atoms with Gasteiger partial charge in [-0.3, -0.25) is 0 Å². The predicted octanol–water partition coefficient (Wildman–Crippen LogP) is 3.99. The number of aromatic nitrogens is 2. The molecule has 0 aliphatic carbocycles. The summed E-state index contributed by atoms with van der Waals surface area (Å²) in [7, 11) is 2.16. The number of hydrogen-bond acceptors (Lipinski definition) is 5. The first kappa shape index (κ1) is 21.8. The van der Waals surface area contributed by atoms with E-state index in [0.717, 1.165) is 50.4 Å². The number of benzene rings is 1. The molecular formula is C25H33N3O3. The molecule has 3 heterocycles. The quantitative estimate of drug-likeness (QED) is 0.550.